The van der Waals surface area contributed by atoms with Crippen LogP contribution < -0.4 is 0 Å². The third kappa shape index (κ3) is 19.9. The van der Waals surface area contributed by atoms with Crippen LogP contribution in [0.3, 0.4) is 0 Å². The van der Waals surface area contributed by atoms with Crippen molar-refractivity contribution < 1.29 is 90.9 Å². The minimum absolute atomic E-state index is 0. The van der Waals surface area contributed by atoms with E-state index >= 15 is 0 Å². The summed E-state index contributed by atoms with van der Waals surface area (Å²) in [7, 11) is 0. The Morgan fingerprint density at radius 1 is 1.00 bits per heavy atom. The fourth-order valence-corrected chi connectivity index (χ4v) is 0. The third-order valence-corrected chi connectivity index (χ3v) is 0. The van der Waals surface area contributed by atoms with Crippen LogP contribution >= 0.6 is 0 Å². The summed E-state index contributed by atoms with van der Waals surface area (Å²) in [6.07, 6.45) is 0. The van der Waals surface area contributed by atoms with Gasteiger partial charge in [-0.15, -0.1) is 0 Å². The Balaban J connectivity index is 0. The molecule has 0 nitrogen and oxygen atoms in total. The second kappa shape index (κ2) is 29.0. The molecule has 0 unspecified atom stereocenters. The summed E-state index contributed by atoms with van der Waals surface area (Å²) >= 11 is 0. The zero-order valence-corrected chi connectivity index (χ0v) is 8.70. The van der Waals surface area contributed by atoms with Crippen molar-refractivity contribution >= 4 is 0 Å². The van der Waals surface area contributed by atoms with E-state index in [9.17, 15) is 0 Å². The first-order chi connectivity index (χ1) is 0. The second-order valence-electron chi connectivity index (χ2n) is 0. The molecule has 5 heteroatoms. The summed E-state index contributed by atoms with van der Waals surface area (Å²) in [6.45, 7) is 0. The molecule has 0 atom stereocenters. The van der Waals surface area contributed by atoms with Crippen LogP contribution in [-0.2, 0) is 90.9 Å². The van der Waals surface area contributed by atoms with Gasteiger partial charge < -0.3 is 0 Å². The molecule has 5 heavy (non-hydrogen) atoms. The van der Waals surface area contributed by atoms with E-state index < -0.39 is 0 Å². The second-order valence-corrected chi connectivity index (χ2v) is 0. The van der Waals surface area contributed by atoms with Gasteiger partial charge in [-0.2, -0.15) is 0 Å². The molecule has 0 rings (SSSR count). The van der Waals surface area contributed by atoms with Crippen LogP contribution in [-0.4, -0.2) is 0 Å². The van der Waals surface area contributed by atoms with Crippen molar-refractivity contribution in [2.75, 3.05) is 0 Å². The van der Waals surface area contributed by atoms with Gasteiger partial charge in [-0.25, -0.2) is 0 Å². The molecule has 0 N–H and O–H groups in total. The van der Waals surface area contributed by atoms with Gasteiger partial charge in [-0.3, -0.25) is 0 Å². The molecule has 0 amide bonds. The Hall–Kier alpha value is 2.83. The van der Waals surface area contributed by atoms with Gasteiger partial charge in [0.15, 0.2) is 0 Å². The van der Waals surface area contributed by atoms with Gasteiger partial charge in [-0.05, 0) is 0 Å². The Morgan fingerprint density at radius 2 is 1.00 bits per heavy atom. The van der Waals surface area contributed by atoms with Crippen LogP contribution in [0.15, 0.2) is 0 Å². The molecule has 0 aliphatic rings. The average molecular weight is 471 g/mol. The topological polar surface area (TPSA) is 0 Å². The van der Waals surface area contributed by atoms with Crippen LogP contribution in [0.5, 0.6) is 0 Å². The van der Waals surface area contributed by atoms with Gasteiger partial charge in [0.2, 0.25) is 0 Å². The van der Waals surface area contributed by atoms with Crippen LogP contribution in [0.25, 0.3) is 0 Å². The SMILES string of the molecule is [Co].[Fe].[Ni].[Pt].[Rh]. The standard InChI is InChI=1S/Co.Fe.Ni.Pt.Rh. The molecule has 0 aromatic heterocycles. The molecule has 0 fully saturated rings. The van der Waals surface area contributed by atoms with Crippen LogP contribution in [0.4, 0.5) is 0 Å². The van der Waals surface area contributed by atoms with Crippen molar-refractivity contribution in [3.05, 3.63) is 0 Å². The van der Waals surface area contributed by atoms with Crippen molar-refractivity contribution in [1.82, 2.24) is 0 Å². The average Bonchev–Trinajstić information content (AvgIpc) is 0. The van der Waals surface area contributed by atoms with E-state index in [2.05, 4.69) is 0 Å². The van der Waals surface area contributed by atoms with Gasteiger partial charge in [0.05, 0.1) is 0 Å². The Labute approximate surface area is 89.6 Å². The van der Waals surface area contributed by atoms with Crippen molar-refractivity contribution in [3.63, 3.8) is 0 Å². The number of hydrogen-bond donors (Lipinski definition) is 0. The maximum atomic E-state index is 0. The fraction of sp³-hybridized carbons (Fsp3) is 0. The van der Waals surface area contributed by atoms with Crippen molar-refractivity contribution in [3.8, 4) is 0 Å². The normalized spacial score (nSPS) is 0. The molecule has 0 saturated carbocycles. The maximum absolute atomic E-state index is 0. The first-order valence-corrected chi connectivity index (χ1v) is 0. The first-order valence-electron chi connectivity index (χ1n) is 0. The van der Waals surface area contributed by atoms with Gasteiger partial charge in [-0.1, -0.05) is 0 Å². The molecule has 0 aliphatic carbocycles. The van der Waals surface area contributed by atoms with Gasteiger partial charge in [0.25, 0.3) is 0 Å². The van der Waals surface area contributed by atoms with E-state index in [4.69, 9.17) is 0 Å². The third-order valence-electron chi connectivity index (χ3n) is 0. The monoisotopic (exact) mass is 471 g/mol. The van der Waals surface area contributed by atoms with Crippen molar-refractivity contribution in [1.29, 1.82) is 0 Å². The maximum Gasteiger partial charge on any atom is 0 e. The van der Waals surface area contributed by atoms with Crippen molar-refractivity contribution in [2.45, 2.75) is 0 Å². The molecule has 2 radical (unpaired) electrons. The van der Waals surface area contributed by atoms with E-state index in [1.807, 2.05) is 0 Å². The molecular weight excluding hydrogens is 471 g/mol. The summed E-state index contributed by atoms with van der Waals surface area (Å²) in [4.78, 5) is 0. The molecule has 46 valence electrons. The molecule has 0 saturated heterocycles. The predicted octanol–water partition coefficient (Wildman–Crippen LogP) is -0.0125. The number of rotatable bonds is 0. The predicted molar refractivity (Wildman–Crippen MR) is 0 cm³/mol. The Kier molecular flexibility index (Phi) is 264. The fourth-order valence-electron chi connectivity index (χ4n) is 0. The van der Waals surface area contributed by atoms with Crippen LogP contribution in [0.2, 0.25) is 0 Å². The first kappa shape index (κ1) is 45.6. The number of hydrogen-bond acceptors (Lipinski definition) is 0. The summed E-state index contributed by atoms with van der Waals surface area (Å²) < 4.78 is 0. The van der Waals surface area contributed by atoms with E-state index in [0.717, 1.165) is 0 Å². The minimum Gasteiger partial charge on any atom is 0 e. The summed E-state index contributed by atoms with van der Waals surface area (Å²) in [5.41, 5.74) is 0. The molecule has 0 bridgehead atoms. The van der Waals surface area contributed by atoms with E-state index in [0.29, 0.717) is 0 Å². The molecule has 0 aliphatic heterocycles. The molecule has 0 aromatic rings. The Bertz CT molecular complexity index is 11.6. The smallest absolute Gasteiger partial charge is 0 e. The van der Waals surface area contributed by atoms with Crippen LogP contribution in [0.1, 0.15) is 0 Å². The molecule has 0 heterocycles. The van der Waals surface area contributed by atoms with Crippen molar-refractivity contribution in [2.24, 2.45) is 0 Å². The summed E-state index contributed by atoms with van der Waals surface area (Å²) in [5.74, 6) is 0. The Morgan fingerprint density at radius 3 is 1.00 bits per heavy atom. The van der Waals surface area contributed by atoms with Gasteiger partial charge >= 0.3 is 0 Å². The minimum atomic E-state index is 0. The van der Waals surface area contributed by atoms with E-state index in [1.165, 1.54) is 0 Å². The summed E-state index contributed by atoms with van der Waals surface area (Å²) in [6, 6.07) is 0. The van der Waals surface area contributed by atoms with Gasteiger partial charge in [0.1, 0.15) is 0 Å². The largest absolute Gasteiger partial charge is 0 e. The van der Waals surface area contributed by atoms with E-state index in [1.54, 1.807) is 0 Å². The van der Waals surface area contributed by atoms with Crippen LogP contribution in [0, 0.1) is 0 Å². The molecule has 0 aromatic carbocycles. The quantitative estimate of drug-likeness (QED) is 0.436. The zero-order chi connectivity index (χ0) is 0. The zero-order valence-electron chi connectivity index (χ0n) is 1.65. The van der Waals surface area contributed by atoms with E-state index in [-0.39, 0.29) is 90.9 Å². The van der Waals surface area contributed by atoms with Gasteiger partial charge in [0, 0.05) is 90.9 Å². The molecular formula is CoFeNiPtRh. The molecule has 0 spiro atoms. The summed E-state index contributed by atoms with van der Waals surface area (Å²) in [5, 5.41) is 0.